The minimum atomic E-state index is -3.81. The third-order valence-corrected chi connectivity index (χ3v) is 8.31. The number of hydrogen-bond acceptors (Lipinski definition) is 5. The second kappa shape index (κ2) is 10.2. The molecule has 2 aromatic rings. The number of aromatic nitrogens is 1. The molecule has 0 saturated carbocycles. The molecule has 2 fully saturated rings. The maximum Gasteiger partial charge on any atom is 0.243 e. The quantitative estimate of drug-likeness (QED) is 0.698. The summed E-state index contributed by atoms with van der Waals surface area (Å²) < 4.78 is 40.5. The normalized spacial score (nSPS) is 21.8. The van der Waals surface area contributed by atoms with Gasteiger partial charge in [0.15, 0.2) is 0 Å². The van der Waals surface area contributed by atoms with Gasteiger partial charge in [0.05, 0.1) is 16.7 Å². The molecule has 10 heteroatoms. The average Bonchev–Trinajstić information content (AvgIpc) is 2.84. The van der Waals surface area contributed by atoms with Crippen LogP contribution in [-0.2, 0) is 19.6 Å². The van der Waals surface area contributed by atoms with E-state index in [2.05, 4.69) is 10.3 Å². The molecule has 182 valence electrons. The number of halogens is 1. The van der Waals surface area contributed by atoms with Crippen molar-refractivity contribution in [1.29, 1.82) is 0 Å². The number of carbonyl (C=O) groups excluding carboxylic acids is 2. The Morgan fingerprint density at radius 1 is 1.00 bits per heavy atom. The highest BCUT2D eigenvalue weighted by Crippen LogP contribution is 2.27. The summed E-state index contributed by atoms with van der Waals surface area (Å²) in [5, 5.41) is 2.84. The zero-order chi connectivity index (χ0) is 24.3. The molecule has 0 radical (unpaired) electrons. The number of sulfonamides is 1. The van der Waals surface area contributed by atoms with Crippen molar-refractivity contribution in [2.75, 3.05) is 31.5 Å². The van der Waals surface area contributed by atoms with Crippen molar-refractivity contribution in [2.24, 2.45) is 11.8 Å². The van der Waals surface area contributed by atoms with Gasteiger partial charge in [-0.05, 0) is 69.0 Å². The molecule has 1 aromatic heterocycles. The molecule has 2 amide bonds. The van der Waals surface area contributed by atoms with Crippen molar-refractivity contribution in [3.05, 3.63) is 54.0 Å². The first-order chi connectivity index (χ1) is 16.2. The van der Waals surface area contributed by atoms with Crippen molar-refractivity contribution < 1.29 is 22.4 Å². The van der Waals surface area contributed by atoms with E-state index in [4.69, 9.17) is 0 Å². The van der Waals surface area contributed by atoms with Gasteiger partial charge in [-0.2, -0.15) is 4.31 Å². The van der Waals surface area contributed by atoms with Crippen LogP contribution in [0.1, 0.15) is 31.4 Å². The van der Waals surface area contributed by atoms with Gasteiger partial charge in [0, 0.05) is 31.9 Å². The predicted octanol–water partition coefficient (Wildman–Crippen LogP) is 2.81. The van der Waals surface area contributed by atoms with Gasteiger partial charge in [-0.15, -0.1) is 0 Å². The summed E-state index contributed by atoms with van der Waals surface area (Å²) in [7, 11) is -3.81. The van der Waals surface area contributed by atoms with E-state index in [1.807, 2.05) is 19.1 Å². The van der Waals surface area contributed by atoms with E-state index < -0.39 is 21.8 Å². The number of piperidine rings is 2. The van der Waals surface area contributed by atoms with E-state index in [1.54, 1.807) is 11.0 Å². The molecule has 2 aliphatic heterocycles. The third-order valence-electron chi connectivity index (χ3n) is 6.43. The third kappa shape index (κ3) is 5.44. The summed E-state index contributed by atoms with van der Waals surface area (Å²) in [4.78, 5) is 32.1. The number of hydrogen-bond donors (Lipinski definition) is 1. The van der Waals surface area contributed by atoms with Crippen molar-refractivity contribution in [2.45, 2.75) is 37.5 Å². The van der Waals surface area contributed by atoms with Gasteiger partial charge < -0.3 is 10.2 Å². The Balaban J connectivity index is 1.39. The fourth-order valence-electron chi connectivity index (χ4n) is 4.61. The van der Waals surface area contributed by atoms with Crippen molar-refractivity contribution >= 4 is 27.7 Å². The lowest BCUT2D eigenvalue weighted by molar-refractivity contribution is -0.139. The van der Waals surface area contributed by atoms with Crippen LogP contribution in [0.3, 0.4) is 0 Å². The summed E-state index contributed by atoms with van der Waals surface area (Å²) in [6.07, 6.45) is 2.54. The van der Waals surface area contributed by atoms with Crippen molar-refractivity contribution in [1.82, 2.24) is 14.2 Å². The largest absolute Gasteiger partial charge is 0.342 e. The van der Waals surface area contributed by atoms with Crippen LogP contribution in [0.25, 0.3) is 0 Å². The van der Waals surface area contributed by atoms with Gasteiger partial charge >= 0.3 is 0 Å². The summed E-state index contributed by atoms with van der Waals surface area (Å²) in [6, 6.07) is 10.1. The summed E-state index contributed by atoms with van der Waals surface area (Å²) >= 11 is 0. The molecule has 8 nitrogen and oxygen atoms in total. The number of benzene rings is 1. The van der Waals surface area contributed by atoms with E-state index >= 15 is 0 Å². The van der Waals surface area contributed by atoms with E-state index in [9.17, 15) is 22.4 Å². The number of likely N-dealkylation sites (tertiary alicyclic amines) is 1. The summed E-state index contributed by atoms with van der Waals surface area (Å²) in [5.74, 6) is -1.12. The molecule has 34 heavy (non-hydrogen) atoms. The summed E-state index contributed by atoms with van der Waals surface area (Å²) in [5.41, 5.74) is 0.802. The minimum Gasteiger partial charge on any atom is -0.342 e. The number of anilines is 1. The van der Waals surface area contributed by atoms with Gasteiger partial charge in [-0.1, -0.05) is 6.07 Å². The number of amides is 2. The van der Waals surface area contributed by atoms with Crippen LogP contribution in [-0.4, -0.2) is 60.6 Å². The number of nitrogens with one attached hydrogen (secondary N) is 1. The Bertz CT molecular complexity index is 1160. The Labute approximate surface area is 199 Å². The average molecular weight is 489 g/mol. The first-order valence-corrected chi connectivity index (χ1v) is 13.0. The van der Waals surface area contributed by atoms with Crippen LogP contribution in [0, 0.1) is 24.6 Å². The number of rotatable bonds is 5. The molecule has 0 spiro atoms. The van der Waals surface area contributed by atoms with E-state index in [-0.39, 0.29) is 29.2 Å². The zero-order valence-corrected chi connectivity index (χ0v) is 19.9. The molecule has 2 atom stereocenters. The van der Waals surface area contributed by atoms with Crippen LogP contribution in [0.5, 0.6) is 0 Å². The second-order valence-electron chi connectivity index (χ2n) is 8.93. The fraction of sp³-hybridized carbons (Fsp3) is 0.458. The van der Waals surface area contributed by atoms with Gasteiger partial charge in [-0.3, -0.25) is 9.59 Å². The highest BCUT2D eigenvalue weighted by atomic mass is 32.2. The van der Waals surface area contributed by atoms with Gasteiger partial charge in [0.2, 0.25) is 21.8 Å². The lowest BCUT2D eigenvalue weighted by atomic mass is 9.93. The Hall–Kier alpha value is -2.85. The SMILES string of the molecule is Cc1cccc(NC(=O)C2CCCN(C(=O)C3CCCN(S(=O)(=O)c4ccc(F)cc4)C3)C2)n1. The monoisotopic (exact) mass is 488 g/mol. The second-order valence-corrected chi connectivity index (χ2v) is 10.9. The fourth-order valence-corrected chi connectivity index (χ4v) is 6.13. The molecule has 2 saturated heterocycles. The Morgan fingerprint density at radius 3 is 2.44 bits per heavy atom. The van der Waals surface area contributed by atoms with Crippen LogP contribution < -0.4 is 5.32 Å². The molecule has 3 heterocycles. The molecular formula is C24H29FN4O4S. The van der Waals surface area contributed by atoms with Gasteiger partial charge in [-0.25, -0.2) is 17.8 Å². The molecule has 0 aliphatic carbocycles. The van der Waals surface area contributed by atoms with E-state index in [0.29, 0.717) is 51.1 Å². The molecule has 1 N–H and O–H groups in total. The molecule has 4 rings (SSSR count). The standard InChI is InChI=1S/C24H29FN4O4S/c1-17-5-2-8-22(26-17)27-23(30)18-6-3-13-28(15-18)24(31)19-7-4-14-29(16-19)34(32,33)21-11-9-20(25)10-12-21/h2,5,8-12,18-19H,3-4,6-7,13-16H2,1H3,(H,26,27,30). The highest BCUT2D eigenvalue weighted by molar-refractivity contribution is 7.89. The van der Waals surface area contributed by atoms with E-state index in [0.717, 1.165) is 17.8 Å². The molecular weight excluding hydrogens is 459 g/mol. The predicted molar refractivity (Wildman–Crippen MR) is 125 cm³/mol. The van der Waals surface area contributed by atoms with Crippen LogP contribution >= 0.6 is 0 Å². The molecule has 2 unspecified atom stereocenters. The van der Waals surface area contributed by atoms with Crippen LogP contribution in [0.15, 0.2) is 47.4 Å². The Kier molecular flexibility index (Phi) is 7.27. The topological polar surface area (TPSA) is 99.7 Å². The van der Waals surface area contributed by atoms with Crippen LogP contribution in [0.4, 0.5) is 10.2 Å². The minimum absolute atomic E-state index is 0.0152. The number of nitrogens with zero attached hydrogens (tertiary/aromatic N) is 3. The number of pyridine rings is 1. The first kappa shape index (κ1) is 24.3. The smallest absolute Gasteiger partial charge is 0.243 e. The van der Waals surface area contributed by atoms with Crippen LogP contribution in [0.2, 0.25) is 0 Å². The molecule has 2 aliphatic rings. The van der Waals surface area contributed by atoms with E-state index in [1.165, 1.54) is 16.4 Å². The molecule has 0 bridgehead atoms. The molecule has 1 aromatic carbocycles. The van der Waals surface area contributed by atoms with Gasteiger partial charge in [0.25, 0.3) is 0 Å². The lowest BCUT2D eigenvalue weighted by Gasteiger charge is -2.37. The number of carbonyl (C=O) groups is 2. The highest BCUT2D eigenvalue weighted by Gasteiger charge is 2.37. The summed E-state index contributed by atoms with van der Waals surface area (Å²) in [6.45, 7) is 3.10. The number of aryl methyl sites for hydroxylation is 1. The van der Waals surface area contributed by atoms with Crippen molar-refractivity contribution in [3.63, 3.8) is 0 Å². The first-order valence-electron chi connectivity index (χ1n) is 11.5. The van der Waals surface area contributed by atoms with Crippen molar-refractivity contribution in [3.8, 4) is 0 Å². The maximum atomic E-state index is 13.3. The van der Waals surface area contributed by atoms with Gasteiger partial charge in [0.1, 0.15) is 11.6 Å². The lowest BCUT2D eigenvalue weighted by Crippen LogP contribution is -2.50. The Morgan fingerprint density at radius 2 is 1.71 bits per heavy atom. The maximum absolute atomic E-state index is 13.3. The zero-order valence-electron chi connectivity index (χ0n) is 19.1.